The highest BCUT2D eigenvalue weighted by molar-refractivity contribution is 5.89. The summed E-state index contributed by atoms with van der Waals surface area (Å²) in [4.78, 5) is 21.7. The molecule has 92 valence electrons. The van der Waals surface area contributed by atoms with Crippen molar-refractivity contribution in [2.24, 2.45) is 5.92 Å². The Hall–Kier alpha value is -2.04. The van der Waals surface area contributed by atoms with Crippen LogP contribution >= 0.6 is 0 Å². The van der Waals surface area contributed by atoms with Gasteiger partial charge in [0.1, 0.15) is 6.04 Å². The van der Waals surface area contributed by atoms with Crippen LogP contribution in [-0.2, 0) is 4.79 Å². The highest BCUT2D eigenvalue weighted by Crippen LogP contribution is 2.15. The number of benzene rings is 1. The van der Waals surface area contributed by atoms with Crippen molar-refractivity contribution in [1.29, 1.82) is 0 Å². The number of carboxylic acids is 2. The van der Waals surface area contributed by atoms with Crippen LogP contribution in [0.3, 0.4) is 0 Å². The summed E-state index contributed by atoms with van der Waals surface area (Å²) in [5.74, 6) is -2.09. The quantitative estimate of drug-likeness (QED) is 0.728. The van der Waals surface area contributed by atoms with Crippen LogP contribution in [0.25, 0.3) is 0 Å². The Morgan fingerprint density at radius 3 is 2.35 bits per heavy atom. The standard InChI is InChI=1S/C12H15NO4/c1-7(2)10(12(16)17)13-9-5-3-4-8(6-9)11(14)15/h3-7,10,13H,1-2H3,(H,14,15)(H,16,17)/t10-/m0/s1. The first-order chi connectivity index (χ1) is 7.91. The van der Waals surface area contributed by atoms with E-state index in [1.54, 1.807) is 26.0 Å². The van der Waals surface area contributed by atoms with E-state index in [-0.39, 0.29) is 11.5 Å². The average Bonchev–Trinajstić information content (AvgIpc) is 2.25. The Morgan fingerprint density at radius 1 is 1.24 bits per heavy atom. The van der Waals surface area contributed by atoms with Crippen LogP contribution in [0.5, 0.6) is 0 Å². The normalized spacial score (nSPS) is 12.2. The maximum absolute atomic E-state index is 11.0. The Morgan fingerprint density at radius 2 is 1.88 bits per heavy atom. The number of anilines is 1. The van der Waals surface area contributed by atoms with Crippen molar-refractivity contribution in [2.75, 3.05) is 5.32 Å². The predicted molar refractivity (Wildman–Crippen MR) is 63.3 cm³/mol. The monoisotopic (exact) mass is 237 g/mol. The largest absolute Gasteiger partial charge is 0.480 e. The summed E-state index contributed by atoms with van der Waals surface area (Å²) in [6, 6.07) is 5.36. The van der Waals surface area contributed by atoms with Crippen molar-refractivity contribution >= 4 is 17.6 Å². The molecular formula is C12H15NO4. The summed E-state index contributed by atoms with van der Waals surface area (Å²) in [5, 5.41) is 20.6. The number of carbonyl (C=O) groups is 2. The van der Waals surface area contributed by atoms with Gasteiger partial charge in [0.2, 0.25) is 0 Å². The molecule has 0 aromatic heterocycles. The molecule has 1 aromatic carbocycles. The second kappa shape index (κ2) is 5.34. The molecule has 0 aliphatic carbocycles. The van der Waals surface area contributed by atoms with Crippen molar-refractivity contribution in [3.63, 3.8) is 0 Å². The third-order valence-corrected chi connectivity index (χ3v) is 2.36. The number of carboxylic acid groups (broad SMARTS) is 2. The van der Waals surface area contributed by atoms with Crippen LogP contribution in [-0.4, -0.2) is 28.2 Å². The molecule has 3 N–H and O–H groups in total. The van der Waals surface area contributed by atoms with E-state index in [1.807, 2.05) is 0 Å². The van der Waals surface area contributed by atoms with E-state index in [0.29, 0.717) is 5.69 Å². The van der Waals surface area contributed by atoms with E-state index in [1.165, 1.54) is 12.1 Å². The lowest BCUT2D eigenvalue weighted by atomic mass is 10.0. The van der Waals surface area contributed by atoms with Gasteiger partial charge < -0.3 is 15.5 Å². The summed E-state index contributed by atoms with van der Waals surface area (Å²) in [6.45, 7) is 3.57. The Balaban J connectivity index is 2.90. The average molecular weight is 237 g/mol. The van der Waals surface area contributed by atoms with Crippen molar-refractivity contribution in [2.45, 2.75) is 19.9 Å². The molecule has 0 saturated carbocycles. The molecule has 0 unspecified atom stereocenters. The predicted octanol–water partition coefficient (Wildman–Crippen LogP) is 1.91. The van der Waals surface area contributed by atoms with Crippen LogP contribution in [0.15, 0.2) is 24.3 Å². The maximum Gasteiger partial charge on any atom is 0.335 e. The zero-order chi connectivity index (χ0) is 13.0. The number of hydrogen-bond acceptors (Lipinski definition) is 3. The summed E-state index contributed by atoms with van der Waals surface area (Å²) < 4.78 is 0. The molecule has 0 radical (unpaired) electrons. The molecule has 0 bridgehead atoms. The second-order valence-electron chi connectivity index (χ2n) is 4.09. The minimum absolute atomic E-state index is 0.0963. The van der Waals surface area contributed by atoms with Crippen LogP contribution < -0.4 is 5.32 Å². The Bertz CT molecular complexity index is 428. The van der Waals surface area contributed by atoms with Crippen molar-refractivity contribution in [1.82, 2.24) is 0 Å². The first-order valence-corrected chi connectivity index (χ1v) is 5.24. The zero-order valence-electron chi connectivity index (χ0n) is 9.68. The fourth-order valence-corrected chi connectivity index (χ4v) is 1.44. The summed E-state index contributed by atoms with van der Waals surface area (Å²) >= 11 is 0. The molecular weight excluding hydrogens is 222 g/mol. The van der Waals surface area contributed by atoms with Crippen LogP contribution in [0.4, 0.5) is 5.69 Å². The van der Waals surface area contributed by atoms with Crippen molar-refractivity contribution in [3.05, 3.63) is 29.8 Å². The van der Waals surface area contributed by atoms with E-state index in [0.717, 1.165) is 0 Å². The third-order valence-electron chi connectivity index (χ3n) is 2.36. The van der Waals surface area contributed by atoms with Gasteiger partial charge in [-0.3, -0.25) is 0 Å². The third kappa shape index (κ3) is 3.48. The maximum atomic E-state index is 11.0. The van der Waals surface area contributed by atoms with Crippen LogP contribution in [0.1, 0.15) is 24.2 Å². The number of nitrogens with one attached hydrogen (secondary N) is 1. The highest BCUT2D eigenvalue weighted by Gasteiger charge is 2.21. The molecule has 0 saturated heterocycles. The van der Waals surface area contributed by atoms with Gasteiger partial charge in [0, 0.05) is 5.69 Å². The minimum atomic E-state index is -1.04. The molecule has 0 fully saturated rings. The lowest BCUT2D eigenvalue weighted by Crippen LogP contribution is -2.34. The molecule has 0 heterocycles. The smallest absolute Gasteiger partial charge is 0.335 e. The number of aliphatic carboxylic acids is 1. The summed E-state index contributed by atoms with van der Waals surface area (Å²) in [6.07, 6.45) is 0. The van der Waals surface area contributed by atoms with E-state index in [4.69, 9.17) is 10.2 Å². The number of hydrogen-bond donors (Lipinski definition) is 3. The fraction of sp³-hybridized carbons (Fsp3) is 0.333. The van der Waals surface area contributed by atoms with E-state index in [2.05, 4.69) is 5.32 Å². The van der Waals surface area contributed by atoms with E-state index < -0.39 is 18.0 Å². The van der Waals surface area contributed by atoms with Crippen molar-refractivity contribution < 1.29 is 19.8 Å². The summed E-state index contributed by atoms with van der Waals surface area (Å²) in [5.41, 5.74) is 0.619. The van der Waals surface area contributed by atoms with Gasteiger partial charge in [0.05, 0.1) is 5.56 Å². The molecule has 0 aliphatic heterocycles. The molecule has 0 amide bonds. The van der Waals surface area contributed by atoms with E-state index in [9.17, 15) is 9.59 Å². The first-order valence-electron chi connectivity index (χ1n) is 5.24. The molecule has 1 rings (SSSR count). The number of aromatic carboxylic acids is 1. The van der Waals surface area contributed by atoms with Gasteiger partial charge in [-0.2, -0.15) is 0 Å². The molecule has 17 heavy (non-hydrogen) atoms. The lowest BCUT2D eigenvalue weighted by molar-refractivity contribution is -0.138. The van der Waals surface area contributed by atoms with Gasteiger partial charge in [-0.25, -0.2) is 9.59 Å². The lowest BCUT2D eigenvalue weighted by Gasteiger charge is -2.19. The molecule has 1 atom stereocenters. The second-order valence-corrected chi connectivity index (χ2v) is 4.09. The van der Waals surface area contributed by atoms with Gasteiger partial charge in [0.25, 0.3) is 0 Å². The molecule has 5 nitrogen and oxygen atoms in total. The van der Waals surface area contributed by atoms with Crippen LogP contribution in [0.2, 0.25) is 0 Å². The molecule has 0 spiro atoms. The van der Waals surface area contributed by atoms with Gasteiger partial charge in [-0.1, -0.05) is 19.9 Å². The SMILES string of the molecule is CC(C)[C@H](Nc1cccc(C(=O)O)c1)C(=O)O. The molecule has 5 heteroatoms. The zero-order valence-corrected chi connectivity index (χ0v) is 9.68. The minimum Gasteiger partial charge on any atom is -0.480 e. The van der Waals surface area contributed by atoms with Crippen LogP contribution in [0, 0.1) is 5.92 Å². The Kier molecular flexibility index (Phi) is 4.09. The molecule has 1 aromatic rings. The topological polar surface area (TPSA) is 86.6 Å². The summed E-state index contributed by atoms with van der Waals surface area (Å²) in [7, 11) is 0. The van der Waals surface area contributed by atoms with Gasteiger partial charge in [0.15, 0.2) is 0 Å². The fourth-order valence-electron chi connectivity index (χ4n) is 1.44. The van der Waals surface area contributed by atoms with Gasteiger partial charge in [-0.15, -0.1) is 0 Å². The molecule has 0 aliphatic rings. The van der Waals surface area contributed by atoms with Gasteiger partial charge in [-0.05, 0) is 24.1 Å². The van der Waals surface area contributed by atoms with Crippen molar-refractivity contribution in [3.8, 4) is 0 Å². The first kappa shape index (κ1) is 13.0. The van der Waals surface area contributed by atoms with E-state index >= 15 is 0 Å². The van der Waals surface area contributed by atoms with Gasteiger partial charge >= 0.3 is 11.9 Å². The highest BCUT2D eigenvalue weighted by atomic mass is 16.4. The number of rotatable bonds is 5. The Labute approximate surface area is 99.1 Å².